The van der Waals surface area contributed by atoms with Crippen LogP contribution in [0.3, 0.4) is 0 Å². The zero-order chi connectivity index (χ0) is 15.8. The summed E-state index contributed by atoms with van der Waals surface area (Å²) in [4.78, 5) is 2.47. The molecule has 0 bridgehead atoms. The van der Waals surface area contributed by atoms with Crippen molar-refractivity contribution in [3.05, 3.63) is 48.1 Å². The van der Waals surface area contributed by atoms with Crippen molar-refractivity contribution < 1.29 is 4.74 Å². The van der Waals surface area contributed by atoms with E-state index >= 15 is 0 Å². The van der Waals surface area contributed by atoms with Gasteiger partial charge in [0.1, 0.15) is 5.75 Å². The van der Waals surface area contributed by atoms with Crippen molar-refractivity contribution in [2.75, 3.05) is 31.4 Å². The molecule has 2 rings (SSSR count). The maximum Gasteiger partial charge on any atom is 0.119 e. The first-order valence-electron chi connectivity index (χ1n) is 8.05. The summed E-state index contributed by atoms with van der Waals surface area (Å²) in [6.07, 6.45) is 12.8. The summed E-state index contributed by atoms with van der Waals surface area (Å²) in [5.41, 5.74) is 2.70. The van der Waals surface area contributed by atoms with Crippen molar-refractivity contribution in [2.45, 2.75) is 31.4 Å². The fourth-order valence-electron chi connectivity index (χ4n) is 2.60. The zero-order valence-corrected chi connectivity index (χ0v) is 14.7. The second-order valence-electron chi connectivity index (χ2n) is 5.62. The molecule has 1 aromatic rings. The first kappa shape index (κ1) is 17.0. The quantitative estimate of drug-likeness (QED) is 0.675. The number of nitrogens with zero attached hydrogens (tertiary/aromatic N) is 1. The first-order chi connectivity index (χ1) is 10.8. The van der Waals surface area contributed by atoms with Crippen LogP contribution in [0, 0.1) is 0 Å². The van der Waals surface area contributed by atoms with Crippen molar-refractivity contribution in [1.82, 2.24) is 0 Å². The Labute approximate surface area is 139 Å². The van der Waals surface area contributed by atoms with Crippen LogP contribution < -0.4 is 9.64 Å². The molecular formula is C19H27NOS. The van der Waals surface area contributed by atoms with Crippen LogP contribution >= 0.6 is 11.8 Å². The summed E-state index contributed by atoms with van der Waals surface area (Å²) < 4.78 is 5.26. The van der Waals surface area contributed by atoms with Crippen LogP contribution in [-0.4, -0.2) is 31.7 Å². The summed E-state index contributed by atoms with van der Waals surface area (Å²) in [6, 6.07) is 8.41. The van der Waals surface area contributed by atoms with Crippen LogP contribution in [0.4, 0.5) is 5.69 Å². The second kappa shape index (κ2) is 8.94. The zero-order valence-electron chi connectivity index (χ0n) is 13.9. The van der Waals surface area contributed by atoms with Gasteiger partial charge in [0.15, 0.2) is 0 Å². The van der Waals surface area contributed by atoms with E-state index in [4.69, 9.17) is 4.74 Å². The predicted octanol–water partition coefficient (Wildman–Crippen LogP) is 4.92. The van der Waals surface area contributed by atoms with Crippen molar-refractivity contribution in [3.8, 4) is 5.75 Å². The highest BCUT2D eigenvalue weighted by atomic mass is 32.2. The van der Waals surface area contributed by atoms with Crippen LogP contribution in [0.1, 0.15) is 26.2 Å². The van der Waals surface area contributed by atoms with E-state index < -0.39 is 0 Å². The second-order valence-corrected chi connectivity index (χ2v) is 6.70. The summed E-state index contributed by atoms with van der Waals surface area (Å²) in [7, 11) is 1.71. The SMILES string of the molecule is CCCCN(CC1=CCC(SC)C=C1)c1ccc(OC)cc1. The van der Waals surface area contributed by atoms with Gasteiger partial charge in [-0.3, -0.25) is 0 Å². The molecule has 1 aliphatic rings. The highest BCUT2D eigenvalue weighted by molar-refractivity contribution is 7.99. The average Bonchev–Trinajstić information content (AvgIpc) is 2.59. The standard InChI is InChI=1S/C19H27NOS/c1-4-5-14-20(17-8-10-18(21-2)11-9-17)15-16-6-12-19(22-3)13-7-16/h6-12,19H,4-5,13-15H2,1-3H3. The lowest BCUT2D eigenvalue weighted by molar-refractivity contribution is 0.415. The highest BCUT2D eigenvalue weighted by Crippen LogP contribution is 2.24. The lowest BCUT2D eigenvalue weighted by atomic mass is 10.1. The van der Waals surface area contributed by atoms with Gasteiger partial charge in [0.05, 0.1) is 7.11 Å². The van der Waals surface area contributed by atoms with Gasteiger partial charge in [-0.2, -0.15) is 11.8 Å². The summed E-state index contributed by atoms with van der Waals surface area (Å²) >= 11 is 1.92. The molecule has 0 fully saturated rings. The molecule has 22 heavy (non-hydrogen) atoms. The van der Waals surface area contributed by atoms with Gasteiger partial charge in [0.2, 0.25) is 0 Å². The molecule has 0 saturated heterocycles. The van der Waals surface area contributed by atoms with Crippen molar-refractivity contribution in [3.63, 3.8) is 0 Å². The van der Waals surface area contributed by atoms with E-state index in [2.05, 4.69) is 48.4 Å². The lowest BCUT2D eigenvalue weighted by Gasteiger charge is -2.27. The predicted molar refractivity (Wildman–Crippen MR) is 99.3 cm³/mol. The molecule has 1 unspecified atom stereocenters. The fraction of sp³-hybridized carbons (Fsp3) is 0.474. The fourth-order valence-corrected chi connectivity index (χ4v) is 3.12. The van der Waals surface area contributed by atoms with Gasteiger partial charge < -0.3 is 9.64 Å². The third-order valence-electron chi connectivity index (χ3n) is 4.03. The van der Waals surface area contributed by atoms with Gasteiger partial charge in [0.25, 0.3) is 0 Å². The van der Waals surface area contributed by atoms with Gasteiger partial charge in [-0.1, -0.05) is 31.6 Å². The molecule has 0 aromatic heterocycles. The maximum absolute atomic E-state index is 5.26. The third-order valence-corrected chi connectivity index (χ3v) is 4.99. The van der Waals surface area contributed by atoms with Crippen LogP contribution in [-0.2, 0) is 0 Å². The van der Waals surface area contributed by atoms with Crippen molar-refractivity contribution in [2.24, 2.45) is 0 Å². The molecule has 0 saturated carbocycles. The van der Waals surface area contributed by atoms with Crippen molar-refractivity contribution >= 4 is 17.4 Å². The monoisotopic (exact) mass is 317 g/mol. The molecule has 2 nitrogen and oxygen atoms in total. The maximum atomic E-state index is 5.26. The highest BCUT2D eigenvalue weighted by Gasteiger charge is 2.11. The number of unbranched alkanes of at least 4 members (excludes halogenated alkanes) is 1. The molecule has 0 amide bonds. The summed E-state index contributed by atoms with van der Waals surface area (Å²) in [5, 5.41) is 0.647. The number of allylic oxidation sites excluding steroid dienone is 1. The molecule has 1 atom stereocenters. The molecular weight excluding hydrogens is 290 g/mol. The van der Waals surface area contributed by atoms with Crippen LogP contribution in [0.5, 0.6) is 5.75 Å². The molecule has 120 valence electrons. The molecule has 1 aromatic carbocycles. The van der Waals surface area contributed by atoms with E-state index in [1.54, 1.807) is 7.11 Å². The van der Waals surface area contributed by atoms with Crippen LogP contribution in [0.15, 0.2) is 48.1 Å². The van der Waals surface area contributed by atoms with E-state index in [0.29, 0.717) is 5.25 Å². The molecule has 3 heteroatoms. The number of thioether (sulfide) groups is 1. The minimum atomic E-state index is 0.647. The number of benzene rings is 1. The Bertz CT molecular complexity index is 507. The Morgan fingerprint density at radius 1 is 1.27 bits per heavy atom. The Morgan fingerprint density at radius 3 is 2.59 bits per heavy atom. The number of hydrogen-bond acceptors (Lipinski definition) is 3. The number of hydrogen-bond donors (Lipinski definition) is 0. The van der Waals surface area contributed by atoms with Gasteiger partial charge in [-0.25, -0.2) is 0 Å². The lowest BCUT2D eigenvalue weighted by Crippen LogP contribution is -2.27. The number of methoxy groups -OCH3 is 1. The minimum absolute atomic E-state index is 0.647. The van der Waals surface area contributed by atoms with E-state index in [-0.39, 0.29) is 0 Å². The third kappa shape index (κ3) is 4.84. The first-order valence-corrected chi connectivity index (χ1v) is 9.34. The normalized spacial score (nSPS) is 17.2. The molecule has 0 heterocycles. The Kier molecular flexibility index (Phi) is 6.91. The molecule has 0 N–H and O–H groups in total. The van der Waals surface area contributed by atoms with Gasteiger partial charge in [-0.15, -0.1) is 0 Å². The summed E-state index contributed by atoms with van der Waals surface area (Å²) in [6.45, 7) is 4.33. The minimum Gasteiger partial charge on any atom is -0.497 e. The molecule has 1 aliphatic carbocycles. The van der Waals surface area contributed by atoms with Crippen molar-refractivity contribution in [1.29, 1.82) is 0 Å². The van der Waals surface area contributed by atoms with Gasteiger partial charge >= 0.3 is 0 Å². The topological polar surface area (TPSA) is 12.5 Å². The van der Waals surface area contributed by atoms with E-state index in [1.165, 1.54) is 24.1 Å². The van der Waals surface area contributed by atoms with Gasteiger partial charge in [-0.05, 0) is 48.9 Å². The van der Waals surface area contributed by atoms with Crippen LogP contribution in [0.25, 0.3) is 0 Å². The smallest absolute Gasteiger partial charge is 0.119 e. The Balaban J connectivity index is 2.05. The average molecular weight is 317 g/mol. The van der Waals surface area contributed by atoms with Crippen LogP contribution in [0.2, 0.25) is 0 Å². The number of ether oxygens (including phenoxy) is 1. The Hall–Kier alpha value is -1.35. The molecule has 0 spiro atoms. The molecule has 0 aliphatic heterocycles. The number of rotatable bonds is 8. The molecule has 0 radical (unpaired) electrons. The van der Waals surface area contributed by atoms with E-state index in [9.17, 15) is 0 Å². The van der Waals surface area contributed by atoms with E-state index in [0.717, 1.165) is 25.3 Å². The summed E-state index contributed by atoms with van der Waals surface area (Å²) in [5.74, 6) is 0.916. The Morgan fingerprint density at radius 2 is 2.05 bits per heavy atom. The number of anilines is 1. The largest absolute Gasteiger partial charge is 0.497 e. The van der Waals surface area contributed by atoms with E-state index in [1.807, 2.05) is 23.9 Å². The van der Waals surface area contributed by atoms with Gasteiger partial charge in [0, 0.05) is 24.0 Å².